The van der Waals surface area contributed by atoms with E-state index in [2.05, 4.69) is 192 Å². The Morgan fingerprint density at radius 2 is 0.681 bits per heavy atom. The largest absolute Gasteiger partial charge is 0.383 e. The van der Waals surface area contributed by atoms with E-state index >= 15 is 0 Å². The van der Waals surface area contributed by atoms with Crippen LogP contribution in [0.1, 0.15) is 96.5 Å². The van der Waals surface area contributed by atoms with Crippen molar-refractivity contribution in [3.05, 3.63) is 346 Å². The van der Waals surface area contributed by atoms with Crippen molar-refractivity contribution in [1.29, 1.82) is 5.26 Å². The number of anilines is 5. The molecule has 8 N–H and O–H groups in total. The quantitative estimate of drug-likeness (QED) is 0.0249. The fourth-order valence-corrected chi connectivity index (χ4v) is 20.9. The Hall–Kier alpha value is -11.2. The summed E-state index contributed by atoms with van der Waals surface area (Å²) >= 11 is 54.7. The lowest BCUT2D eigenvalue weighted by Crippen LogP contribution is -2.50. The van der Waals surface area contributed by atoms with Gasteiger partial charge in [0.15, 0.2) is 0 Å². The number of ether oxygens (including phenoxy) is 1. The molecule has 12 aromatic carbocycles. The molecule has 9 amide bonds. The van der Waals surface area contributed by atoms with Gasteiger partial charge in [0.1, 0.15) is 6.29 Å². The first-order valence-corrected chi connectivity index (χ1v) is 50.0. The van der Waals surface area contributed by atoms with E-state index in [1.54, 1.807) is 90.9 Å². The fourth-order valence-electron chi connectivity index (χ4n) is 18.6. The van der Waals surface area contributed by atoms with E-state index in [0.29, 0.717) is 112 Å². The fraction of sp³-hybridized carbons (Fsp3) is 0.288. The summed E-state index contributed by atoms with van der Waals surface area (Å²) in [6.45, 7) is 12.9. The van der Waals surface area contributed by atoms with Crippen LogP contribution in [0, 0.1) is 11.3 Å². The first-order chi connectivity index (χ1) is 67.7. The molecule has 4 aliphatic rings. The first-order valence-electron chi connectivity index (χ1n) is 46.6. The molecule has 0 saturated carbocycles. The lowest BCUT2D eigenvalue weighted by atomic mass is 9.72. The lowest BCUT2D eigenvalue weighted by molar-refractivity contribution is -0.114. The highest BCUT2D eigenvalue weighted by atomic mass is 35.5. The highest BCUT2D eigenvalue weighted by molar-refractivity contribution is 6.37. The third-order valence-electron chi connectivity index (χ3n) is 26.7. The van der Waals surface area contributed by atoms with Gasteiger partial charge in [0, 0.05) is 155 Å². The summed E-state index contributed by atoms with van der Waals surface area (Å²) in [6, 6.07) is 86.1. The Bertz CT molecular complexity index is 6280. The summed E-state index contributed by atoms with van der Waals surface area (Å²) in [6.07, 6.45) is 8.36. The number of halogens is 9. The lowest BCUT2D eigenvalue weighted by Gasteiger charge is -2.43. The summed E-state index contributed by atoms with van der Waals surface area (Å²) in [5, 5.41) is 37.2. The second-order valence-corrected chi connectivity index (χ2v) is 40.7. The summed E-state index contributed by atoms with van der Waals surface area (Å²) in [5.41, 5.74) is 16.9. The zero-order valence-electron chi connectivity index (χ0n) is 79.5. The molecular weight excluding hydrogens is 1960 g/mol. The molecule has 4 fully saturated rings. The summed E-state index contributed by atoms with van der Waals surface area (Å²) < 4.78 is 5.26. The maximum absolute atomic E-state index is 13.0. The predicted octanol–water partition coefficient (Wildman–Crippen LogP) is 26.4. The number of likely N-dealkylation sites (tertiary alicyclic amines) is 4. The number of nitrogens with zero attached hydrogens (tertiary/aromatic N) is 6. The van der Waals surface area contributed by atoms with Crippen LogP contribution in [0.2, 0.25) is 45.2 Å². The third-order valence-corrected chi connectivity index (χ3v) is 28.7. The topological polar surface area (TPSA) is 248 Å². The Morgan fingerprint density at radius 1 is 0.362 bits per heavy atom. The third kappa shape index (κ3) is 30.7. The van der Waals surface area contributed by atoms with Crippen LogP contribution < -0.4 is 42.5 Å². The van der Waals surface area contributed by atoms with Crippen LogP contribution in [0.15, 0.2) is 267 Å². The molecule has 0 aliphatic carbocycles. The summed E-state index contributed by atoms with van der Waals surface area (Å²) in [5.74, 6) is -0.0956. The molecule has 30 heteroatoms. The molecule has 0 atom stereocenters. The number of carbonyl (C=O) groups is 6. The molecule has 21 nitrogen and oxygen atoms in total. The van der Waals surface area contributed by atoms with Crippen molar-refractivity contribution in [2.45, 2.75) is 80.0 Å². The summed E-state index contributed by atoms with van der Waals surface area (Å²) in [7, 11) is 9.93. The molecule has 4 aliphatic heterocycles. The zero-order valence-corrected chi connectivity index (χ0v) is 86.3. The molecular formula is C111H115Cl9N14O7. The molecule has 12 aromatic rings. The van der Waals surface area contributed by atoms with Crippen LogP contribution >= 0.6 is 104 Å². The minimum atomic E-state index is -0.293. The monoisotopic (exact) mass is 2070 g/mol. The predicted molar refractivity (Wildman–Crippen MR) is 580 cm³/mol. The SMILES string of the molecule is CC(=O)Nc1cccc(-c2ccc(C3(CNC(=O)Nc4cc(Cl)cc(Cl)c4)CCN(C)CC3)cc2)c1.CN1CCC(CN(C)C(=O)Nc2cc(Cl)cc(Cl)c2)(c2ccc(-c3cccc(C#N)c3)cc2)CC1.CN1CCC(CNC(=O)Nc2cc(Cl)cc(Cl)c2)(c2ccc(-c3cccc(C=O)c3)cc2)CC1.COCCN1CCC(CNC(=O)Nc2cc(Cl)cc(Cl)c2)(c2ccc(-c3cccc(Cl)c3)cc2)CC1. The Labute approximate surface area is 871 Å². The van der Waals surface area contributed by atoms with E-state index in [0.717, 1.165) is 167 Å². The Kier molecular flexibility index (Phi) is 38.4. The van der Waals surface area contributed by atoms with Gasteiger partial charge >= 0.3 is 24.1 Å². The number of nitrogens with one attached hydrogen (secondary N) is 8. The number of rotatable bonds is 25. The zero-order chi connectivity index (χ0) is 100. The summed E-state index contributed by atoms with van der Waals surface area (Å²) in [4.78, 5) is 84.9. The highest BCUT2D eigenvalue weighted by Gasteiger charge is 2.41. The number of methoxy groups -OCH3 is 1. The van der Waals surface area contributed by atoms with E-state index in [1.807, 2.05) is 92.0 Å². The standard InChI is InChI=1S/C28H30Cl3N3O2.C28H30Cl2N4O2.C28H28Cl2N4O.C27H27Cl2N3O2/c1-36-14-13-34-11-9-28(10-12-34,19-32-27(35)33-26-17-24(30)16-25(31)18-26)22-7-5-20(6-8-22)21-3-2-4-23(29)15-21;1-19(35)32-25-5-3-4-21(14-25)20-6-8-22(9-7-20)28(10-12-34(2)13-11-28)18-31-27(36)33-26-16-23(29)15-24(30)17-26;1-33-12-10-28(11-13-33,19-34(2)27(35)32-26-16-24(29)15-25(30)17-26)23-8-6-21(7-9-23)22-5-3-4-20(14-22)18-31;1-32-11-9-27(10-12-32,18-30-26(34)31-25-15-23(28)14-24(29)16-25)22-7-5-20(6-8-22)21-4-2-3-19(13-21)17-33/h2-8,15-18H,9-14,19H2,1H3,(H2,32,33,35);3-9,14-17H,10-13,18H2,1-2H3,(H,32,35)(H2,31,33,36);3-9,14-17H,10-13,19H2,1-2H3,(H,32,35);2-8,13-17H,9-12,18H2,1H3,(H2,30,31,34). The van der Waals surface area contributed by atoms with E-state index in [-0.39, 0.29) is 51.7 Å². The number of hydrogen-bond donors (Lipinski definition) is 8. The van der Waals surface area contributed by atoms with Gasteiger partial charge in [0.2, 0.25) is 5.91 Å². The van der Waals surface area contributed by atoms with Crippen LogP contribution in [0.3, 0.4) is 0 Å². The molecule has 0 aromatic heterocycles. The normalized spacial score (nSPS) is 15.4. The smallest absolute Gasteiger partial charge is 0.321 e. The number of carbonyl (C=O) groups excluding carboxylic acids is 6. The molecule has 4 heterocycles. The van der Waals surface area contributed by atoms with Gasteiger partial charge in [-0.25, -0.2) is 19.2 Å². The molecule has 0 spiro atoms. The highest BCUT2D eigenvalue weighted by Crippen LogP contribution is 2.43. The number of hydrogen-bond acceptors (Lipinski definition) is 12. The van der Waals surface area contributed by atoms with Crippen molar-refractivity contribution in [2.24, 2.45) is 0 Å². The number of amides is 9. The van der Waals surface area contributed by atoms with Crippen molar-refractivity contribution in [1.82, 2.24) is 40.4 Å². The number of benzene rings is 12. The van der Waals surface area contributed by atoms with Gasteiger partial charge in [-0.1, -0.05) is 256 Å². The Morgan fingerprint density at radius 3 is 1.04 bits per heavy atom. The van der Waals surface area contributed by atoms with E-state index < -0.39 is 0 Å². The van der Waals surface area contributed by atoms with Gasteiger partial charge in [-0.05, 0) is 307 Å². The molecule has 16 rings (SSSR count). The van der Waals surface area contributed by atoms with Crippen LogP contribution in [-0.2, 0) is 31.2 Å². The second kappa shape index (κ2) is 50.6. The Balaban J connectivity index is 0.000000158. The number of urea groups is 4. The van der Waals surface area contributed by atoms with Crippen LogP contribution in [0.25, 0.3) is 44.5 Å². The molecule has 734 valence electrons. The van der Waals surface area contributed by atoms with Crippen molar-refractivity contribution in [3.63, 3.8) is 0 Å². The van der Waals surface area contributed by atoms with Gasteiger partial charge in [0.25, 0.3) is 0 Å². The van der Waals surface area contributed by atoms with Crippen molar-refractivity contribution < 1.29 is 33.5 Å². The van der Waals surface area contributed by atoms with Crippen molar-refractivity contribution >= 4 is 169 Å². The van der Waals surface area contributed by atoms with E-state index in [1.165, 1.54) is 29.2 Å². The minimum absolute atomic E-state index is 0.0956. The number of piperidine rings is 4. The van der Waals surface area contributed by atoms with Gasteiger partial charge < -0.3 is 71.8 Å². The average molecular weight is 2080 g/mol. The number of aldehydes is 1. The number of nitriles is 1. The minimum Gasteiger partial charge on any atom is -0.383 e. The maximum atomic E-state index is 13.0. The molecule has 4 saturated heterocycles. The molecule has 0 unspecified atom stereocenters. The first kappa shape index (κ1) is 107. The van der Waals surface area contributed by atoms with Gasteiger partial charge in [-0.3, -0.25) is 9.59 Å². The molecule has 0 radical (unpaired) electrons. The van der Waals surface area contributed by atoms with Crippen LogP contribution in [0.5, 0.6) is 0 Å². The number of likely N-dealkylation sites (N-methyl/N-ethyl adjacent to an activating group) is 1. The molecule has 0 bridgehead atoms. The molecule has 141 heavy (non-hydrogen) atoms. The van der Waals surface area contributed by atoms with Crippen molar-refractivity contribution in [3.8, 4) is 50.6 Å². The van der Waals surface area contributed by atoms with Gasteiger partial charge in [-0.15, -0.1) is 0 Å². The van der Waals surface area contributed by atoms with E-state index in [4.69, 9.17) is 109 Å². The second-order valence-electron chi connectivity index (χ2n) is 36.7. The van der Waals surface area contributed by atoms with E-state index in [9.17, 15) is 34.0 Å². The van der Waals surface area contributed by atoms with Gasteiger partial charge in [0.05, 0.1) is 18.2 Å². The van der Waals surface area contributed by atoms with Crippen molar-refractivity contribution in [2.75, 3.05) is 154 Å². The van der Waals surface area contributed by atoms with Gasteiger partial charge in [-0.2, -0.15) is 5.26 Å². The van der Waals surface area contributed by atoms with Crippen LogP contribution in [-0.4, -0.2) is 188 Å². The maximum Gasteiger partial charge on any atom is 0.321 e. The van der Waals surface area contributed by atoms with Crippen LogP contribution in [0.4, 0.5) is 47.6 Å². The average Bonchev–Trinajstić information content (AvgIpc) is 0.820.